The molecule has 5 nitrogen and oxygen atoms in total. The second kappa shape index (κ2) is 8.40. The SMILES string of the molecule is CC(C)(C)c1ccc(NC(=O)c2ccnc(NCc3ccc(Cl)cc3)n2)cc1. The lowest BCUT2D eigenvalue weighted by atomic mass is 9.87. The molecule has 1 aromatic heterocycles. The molecule has 0 bridgehead atoms. The lowest BCUT2D eigenvalue weighted by Gasteiger charge is -2.19. The van der Waals surface area contributed by atoms with Crippen molar-refractivity contribution in [2.45, 2.75) is 32.7 Å². The van der Waals surface area contributed by atoms with Crippen molar-refractivity contribution in [1.82, 2.24) is 9.97 Å². The minimum atomic E-state index is -0.277. The molecule has 3 aromatic rings. The molecule has 2 aromatic carbocycles. The molecular formula is C22H23ClN4O. The van der Waals surface area contributed by atoms with Gasteiger partial charge >= 0.3 is 0 Å². The Kier molecular flexibility index (Phi) is 5.95. The van der Waals surface area contributed by atoms with Crippen molar-refractivity contribution in [3.05, 3.63) is 82.6 Å². The number of carbonyl (C=O) groups excluding carboxylic acids is 1. The van der Waals surface area contributed by atoms with Crippen LogP contribution in [-0.2, 0) is 12.0 Å². The first-order valence-electron chi connectivity index (χ1n) is 9.04. The minimum absolute atomic E-state index is 0.0693. The predicted octanol–water partition coefficient (Wildman–Crippen LogP) is 5.29. The van der Waals surface area contributed by atoms with Gasteiger partial charge in [-0.15, -0.1) is 0 Å². The highest BCUT2D eigenvalue weighted by Gasteiger charge is 2.14. The third-order valence-corrected chi connectivity index (χ3v) is 4.51. The van der Waals surface area contributed by atoms with E-state index in [1.807, 2.05) is 48.5 Å². The van der Waals surface area contributed by atoms with E-state index in [0.717, 1.165) is 11.3 Å². The summed E-state index contributed by atoms with van der Waals surface area (Å²) in [7, 11) is 0. The fourth-order valence-corrected chi connectivity index (χ4v) is 2.73. The van der Waals surface area contributed by atoms with E-state index in [1.54, 1.807) is 12.3 Å². The van der Waals surface area contributed by atoms with E-state index in [9.17, 15) is 4.79 Å². The van der Waals surface area contributed by atoms with Crippen molar-refractivity contribution >= 4 is 29.1 Å². The Morgan fingerprint density at radius 3 is 2.32 bits per heavy atom. The van der Waals surface area contributed by atoms with Gasteiger partial charge in [-0.2, -0.15) is 0 Å². The smallest absolute Gasteiger partial charge is 0.274 e. The lowest BCUT2D eigenvalue weighted by Crippen LogP contribution is -2.16. The van der Waals surface area contributed by atoms with Crippen molar-refractivity contribution in [2.75, 3.05) is 10.6 Å². The zero-order valence-electron chi connectivity index (χ0n) is 16.2. The predicted molar refractivity (Wildman–Crippen MR) is 114 cm³/mol. The van der Waals surface area contributed by atoms with E-state index >= 15 is 0 Å². The molecule has 1 amide bonds. The van der Waals surface area contributed by atoms with Crippen molar-refractivity contribution in [3.8, 4) is 0 Å². The summed E-state index contributed by atoms with van der Waals surface area (Å²) in [5.41, 5.74) is 3.35. The van der Waals surface area contributed by atoms with Crippen LogP contribution in [0.15, 0.2) is 60.8 Å². The summed E-state index contributed by atoms with van der Waals surface area (Å²) in [6.45, 7) is 7.00. The Morgan fingerprint density at radius 1 is 1.00 bits per heavy atom. The normalized spacial score (nSPS) is 11.1. The molecule has 0 radical (unpaired) electrons. The molecule has 144 valence electrons. The van der Waals surface area contributed by atoms with Gasteiger partial charge in [0.05, 0.1) is 0 Å². The second-order valence-corrected chi connectivity index (χ2v) is 7.96. The van der Waals surface area contributed by atoms with Gasteiger partial charge in [0.2, 0.25) is 5.95 Å². The van der Waals surface area contributed by atoms with Crippen molar-refractivity contribution < 1.29 is 4.79 Å². The van der Waals surface area contributed by atoms with Crippen molar-refractivity contribution in [2.24, 2.45) is 0 Å². The van der Waals surface area contributed by atoms with Crippen molar-refractivity contribution in [3.63, 3.8) is 0 Å². The third kappa shape index (κ3) is 5.30. The highest BCUT2D eigenvalue weighted by atomic mass is 35.5. The van der Waals surface area contributed by atoms with Crippen LogP contribution in [0.1, 0.15) is 42.4 Å². The molecule has 0 aliphatic rings. The molecule has 0 atom stereocenters. The number of hydrogen-bond acceptors (Lipinski definition) is 4. The fraction of sp³-hybridized carbons (Fsp3) is 0.227. The van der Waals surface area contributed by atoms with E-state index < -0.39 is 0 Å². The molecule has 0 aliphatic heterocycles. The first-order valence-corrected chi connectivity index (χ1v) is 9.42. The number of rotatable bonds is 5. The Hall–Kier alpha value is -2.92. The quantitative estimate of drug-likeness (QED) is 0.616. The standard InChI is InChI=1S/C22H23ClN4O/c1-22(2,3)16-6-10-18(11-7-16)26-20(28)19-12-13-24-21(27-19)25-14-15-4-8-17(23)9-5-15/h4-13H,14H2,1-3H3,(H,26,28)(H,24,25,27). The van der Waals surface area contributed by atoms with Crippen molar-refractivity contribution in [1.29, 1.82) is 0 Å². The van der Waals surface area contributed by atoms with Gasteiger partial charge in [-0.25, -0.2) is 9.97 Å². The molecule has 0 fully saturated rings. The molecule has 3 rings (SSSR count). The number of nitrogens with zero attached hydrogens (tertiary/aromatic N) is 2. The number of benzene rings is 2. The largest absolute Gasteiger partial charge is 0.350 e. The summed E-state index contributed by atoms with van der Waals surface area (Å²) in [6, 6.07) is 16.9. The van der Waals surface area contributed by atoms with Gasteiger partial charge < -0.3 is 10.6 Å². The fourth-order valence-electron chi connectivity index (χ4n) is 2.60. The molecule has 0 saturated carbocycles. The van der Waals surface area contributed by atoms with Crippen LogP contribution in [0.3, 0.4) is 0 Å². The Labute approximate surface area is 170 Å². The summed E-state index contributed by atoms with van der Waals surface area (Å²) in [5.74, 6) is 0.117. The molecule has 0 spiro atoms. The highest BCUT2D eigenvalue weighted by Crippen LogP contribution is 2.23. The second-order valence-electron chi connectivity index (χ2n) is 7.53. The Balaban J connectivity index is 1.64. The number of anilines is 2. The first-order chi connectivity index (χ1) is 13.3. The molecule has 0 saturated heterocycles. The number of carbonyl (C=O) groups is 1. The summed E-state index contributed by atoms with van der Waals surface area (Å²) in [5, 5.41) is 6.68. The summed E-state index contributed by atoms with van der Waals surface area (Å²) in [6.07, 6.45) is 1.56. The molecular weight excluding hydrogens is 372 g/mol. The van der Waals surface area contributed by atoms with Gasteiger partial charge in [-0.05, 0) is 46.9 Å². The van der Waals surface area contributed by atoms with Crippen LogP contribution in [0.25, 0.3) is 0 Å². The minimum Gasteiger partial charge on any atom is -0.350 e. The van der Waals surface area contributed by atoms with Crippen LogP contribution < -0.4 is 10.6 Å². The van der Waals surface area contributed by atoms with Crippen LogP contribution in [-0.4, -0.2) is 15.9 Å². The maximum Gasteiger partial charge on any atom is 0.274 e. The van der Waals surface area contributed by atoms with Gasteiger partial charge in [-0.1, -0.05) is 56.6 Å². The van der Waals surface area contributed by atoms with Crippen LogP contribution in [0, 0.1) is 0 Å². The van der Waals surface area contributed by atoms with Gasteiger partial charge in [-0.3, -0.25) is 4.79 Å². The topological polar surface area (TPSA) is 66.9 Å². The zero-order valence-corrected chi connectivity index (χ0v) is 16.9. The van der Waals surface area contributed by atoms with Crippen LogP contribution in [0.2, 0.25) is 5.02 Å². The van der Waals surface area contributed by atoms with Gasteiger partial charge in [0.25, 0.3) is 5.91 Å². The molecule has 2 N–H and O–H groups in total. The van der Waals surface area contributed by atoms with Gasteiger partial charge in [0.15, 0.2) is 0 Å². The van der Waals surface area contributed by atoms with Gasteiger partial charge in [0, 0.05) is 23.5 Å². The lowest BCUT2D eigenvalue weighted by molar-refractivity contribution is 0.102. The first kappa shape index (κ1) is 19.8. The third-order valence-electron chi connectivity index (χ3n) is 4.26. The van der Waals surface area contributed by atoms with E-state index in [0.29, 0.717) is 23.2 Å². The number of nitrogens with one attached hydrogen (secondary N) is 2. The zero-order chi connectivity index (χ0) is 20.1. The van der Waals surface area contributed by atoms with E-state index in [1.165, 1.54) is 5.56 Å². The molecule has 6 heteroatoms. The van der Waals surface area contributed by atoms with E-state index in [4.69, 9.17) is 11.6 Å². The molecule has 0 unspecified atom stereocenters. The van der Waals surface area contributed by atoms with Crippen LogP contribution >= 0.6 is 11.6 Å². The Morgan fingerprint density at radius 2 is 1.68 bits per heavy atom. The van der Waals surface area contributed by atoms with E-state index in [2.05, 4.69) is 41.4 Å². The number of hydrogen-bond donors (Lipinski definition) is 2. The maximum atomic E-state index is 12.5. The summed E-state index contributed by atoms with van der Waals surface area (Å²) >= 11 is 5.89. The van der Waals surface area contributed by atoms with E-state index in [-0.39, 0.29) is 11.3 Å². The highest BCUT2D eigenvalue weighted by molar-refractivity contribution is 6.30. The van der Waals surface area contributed by atoms with Gasteiger partial charge in [0.1, 0.15) is 5.69 Å². The summed E-state index contributed by atoms with van der Waals surface area (Å²) < 4.78 is 0. The molecule has 28 heavy (non-hydrogen) atoms. The average Bonchev–Trinajstić information content (AvgIpc) is 2.67. The van der Waals surface area contributed by atoms with Crippen LogP contribution in [0.5, 0.6) is 0 Å². The maximum absolute atomic E-state index is 12.5. The van der Waals surface area contributed by atoms with Crippen LogP contribution in [0.4, 0.5) is 11.6 Å². The number of halogens is 1. The molecule has 1 heterocycles. The summed E-state index contributed by atoms with van der Waals surface area (Å²) in [4.78, 5) is 21.0. The average molecular weight is 395 g/mol. The Bertz CT molecular complexity index is 948. The number of amides is 1. The number of aromatic nitrogens is 2. The molecule has 0 aliphatic carbocycles. The monoisotopic (exact) mass is 394 g/mol.